The fraction of sp³-hybridized carbons (Fsp3) is 0.205. The van der Waals surface area contributed by atoms with Crippen LogP contribution in [0.5, 0.6) is 0 Å². The molecular formula is C44H46SiZr-4. The van der Waals surface area contributed by atoms with Crippen molar-refractivity contribution in [3.63, 3.8) is 0 Å². The summed E-state index contributed by atoms with van der Waals surface area (Å²) in [6.45, 7) is 18.8. The van der Waals surface area contributed by atoms with Crippen molar-refractivity contribution in [1.29, 1.82) is 0 Å². The third kappa shape index (κ3) is 9.37. The van der Waals surface area contributed by atoms with E-state index in [2.05, 4.69) is 165 Å². The fourth-order valence-corrected chi connectivity index (χ4v) is 5.55. The van der Waals surface area contributed by atoms with Gasteiger partial charge in [0.2, 0.25) is 0 Å². The number of benzene rings is 5. The number of rotatable bonds is 1. The first-order chi connectivity index (χ1) is 21.5. The first kappa shape index (κ1) is 37.1. The molecule has 0 fully saturated rings. The Morgan fingerprint density at radius 2 is 1.07 bits per heavy atom. The van der Waals surface area contributed by atoms with Gasteiger partial charge in [0.05, 0.1) is 0 Å². The molecule has 7 rings (SSSR count). The molecule has 0 N–H and O–H groups in total. The maximum Gasteiger partial charge on any atom is -0.171 e. The van der Waals surface area contributed by atoms with Gasteiger partial charge >= 0.3 is 30.2 Å². The monoisotopic (exact) mass is 692 g/mol. The van der Waals surface area contributed by atoms with E-state index in [4.69, 9.17) is 0 Å². The predicted molar refractivity (Wildman–Crippen MR) is 202 cm³/mol. The van der Waals surface area contributed by atoms with Crippen LogP contribution < -0.4 is 0 Å². The molecule has 0 bridgehead atoms. The van der Waals surface area contributed by atoms with E-state index >= 15 is 0 Å². The zero-order valence-electron chi connectivity index (χ0n) is 28.7. The molecule has 0 amide bonds. The molecule has 0 heterocycles. The van der Waals surface area contributed by atoms with E-state index < -0.39 is 0 Å². The Bertz CT molecular complexity index is 1850. The van der Waals surface area contributed by atoms with Crippen LogP contribution in [-0.4, -0.2) is 6.88 Å². The van der Waals surface area contributed by atoms with E-state index in [1.807, 2.05) is 30.3 Å². The van der Waals surface area contributed by atoms with E-state index in [-0.39, 0.29) is 18.3 Å². The summed E-state index contributed by atoms with van der Waals surface area (Å²) in [5.74, 6) is 0. The van der Waals surface area contributed by atoms with Crippen molar-refractivity contribution in [3.05, 3.63) is 164 Å². The molecule has 234 valence electrons. The molecule has 0 saturated carbocycles. The largest absolute Gasteiger partial charge is 0.184 e. The van der Waals surface area contributed by atoms with Crippen LogP contribution in [0.1, 0.15) is 58.2 Å². The average Bonchev–Trinajstić information content (AvgIpc) is 3.61. The molecule has 0 spiro atoms. The van der Waals surface area contributed by atoms with Crippen LogP contribution in [0.15, 0.2) is 133 Å². The number of hydrogen-bond donors (Lipinski definition) is 0. The van der Waals surface area contributed by atoms with Gasteiger partial charge in [0.1, 0.15) is 0 Å². The van der Waals surface area contributed by atoms with Crippen LogP contribution in [0.25, 0.3) is 43.4 Å². The van der Waals surface area contributed by atoms with Gasteiger partial charge in [-0.2, -0.15) is 42.5 Å². The van der Waals surface area contributed by atoms with Crippen LogP contribution >= 0.6 is 0 Å². The summed E-state index contributed by atoms with van der Waals surface area (Å²) >= 11 is 1.36. The number of hydrogen-bond acceptors (Lipinski definition) is 0. The van der Waals surface area contributed by atoms with Gasteiger partial charge in [-0.25, -0.2) is 0 Å². The van der Waals surface area contributed by atoms with Crippen molar-refractivity contribution in [2.45, 2.75) is 59.3 Å². The maximum absolute atomic E-state index is 3.06. The van der Waals surface area contributed by atoms with Gasteiger partial charge in [0, 0.05) is 0 Å². The van der Waals surface area contributed by atoms with E-state index in [0.717, 1.165) is 0 Å². The van der Waals surface area contributed by atoms with Crippen molar-refractivity contribution in [2.24, 2.45) is 0 Å². The Morgan fingerprint density at radius 3 is 1.52 bits per heavy atom. The minimum atomic E-state index is 0. The molecular weight excluding hydrogens is 648 g/mol. The first-order valence-electron chi connectivity index (χ1n) is 15.5. The maximum atomic E-state index is 3.06. The second kappa shape index (κ2) is 16.5. The smallest absolute Gasteiger partial charge is 0.171 e. The van der Waals surface area contributed by atoms with Gasteiger partial charge < -0.3 is 7.43 Å². The van der Waals surface area contributed by atoms with E-state index in [9.17, 15) is 0 Å². The number of aryl methyl sites for hydroxylation is 1. The minimum Gasteiger partial charge on any atom is -0.184 e. The van der Waals surface area contributed by atoms with Crippen molar-refractivity contribution in [1.82, 2.24) is 0 Å². The molecule has 0 aliphatic carbocycles. The van der Waals surface area contributed by atoms with Crippen LogP contribution in [0.2, 0.25) is 0 Å². The molecule has 0 atom stereocenters. The van der Waals surface area contributed by atoms with Gasteiger partial charge in [-0.3, -0.25) is 0 Å². The second-order valence-corrected chi connectivity index (χ2v) is 13.5. The molecule has 46 heavy (non-hydrogen) atoms. The molecule has 0 unspecified atom stereocenters. The predicted octanol–water partition coefficient (Wildman–Crippen LogP) is 12.4. The summed E-state index contributed by atoms with van der Waals surface area (Å²) in [5.41, 5.74) is 7.16. The molecule has 0 aliphatic rings. The van der Waals surface area contributed by atoms with Crippen LogP contribution in [0.4, 0.5) is 0 Å². The molecule has 0 aromatic heterocycles. The molecule has 0 nitrogen and oxygen atoms in total. The average molecular weight is 694 g/mol. The molecule has 7 aromatic carbocycles. The summed E-state index contributed by atoms with van der Waals surface area (Å²) < 4.78 is 0. The van der Waals surface area contributed by atoms with E-state index in [0.29, 0.717) is 0 Å². The third-order valence-electron chi connectivity index (χ3n) is 8.02. The second-order valence-electron chi connectivity index (χ2n) is 13.5. The topological polar surface area (TPSA) is 0 Å². The van der Waals surface area contributed by atoms with Crippen molar-refractivity contribution >= 4 is 39.2 Å². The standard InChI is InChI=1S/C21H25.C16H13.C6H5.CH3.Si.Zr/c1-20(2,3)16-7-9-18-14(12-16)11-15-13-17(21(4,5)6)8-10-19(15)18;1-12-10-14-8-5-9-15(16(14)11-12)13-6-3-2-4-7-13;1-2-4-6-5-3-1;;;/h7-13H,1-6H3;2-11H,1H3;1-5H;1H3;;/q4*-1;;. The van der Waals surface area contributed by atoms with Crippen molar-refractivity contribution in [2.75, 3.05) is 0 Å². The molecule has 0 saturated heterocycles. The summed E-state index contributed by atoms with van der Waals surface area (Å²) in [7, 11) is 0. The summed E-state index contributed by atoms with van der Waals surface area (Å²) in [4.78, 5) is 0. The molecule has 2 radical (unpaired) electrons. The summed E-state index contributed by atoms with van der Waals surface area (Å²) in [5, 5.41) is 8.16. The molecule has 0 aliphatic heterocycles. The van der Waals surface area contributed by atoms with Crippen molar-refractivity contribution < 1.29 is 23.3 Å². The zero-order valence-corrected chi connectivity index (χ0v) is 32.2. The Labute approximate surface area is 294 Å². The third-order valence-corrected chi connectivity index (χ3v) is 8.02. The van der Waals surface area contributed by atoms with Gasteiger partial charge in [-0.15, -0.1) is 74.3 Å². The minimum absolute atomic E-state index is 0. The van der Waals surface area contributed by atoms with Crippen LogP contribution in [-0.2, 0) is 34.2 Å². The Hall–Kier alpha value is -3.32. The van der Waals surface area contributed by atoms with Gasteiger partial charge in [0.15, 0.2) is 0 Å². The normalized spacial score (nSPS) is 10.9. The van der Waals surface area contributed by atoms with Gasteiger partial charge in [-0.1, -0.05) is 126 Å². The first-order valence-corrected chi connectivity index (χ1v) is 19.7. The molecule has 7 aromatic rings. The van der Waals surface area contributed by atoms with Crippen molar-refractivity contribution in [3.8, 4) is 11.1 Å². The van der Waals surface area contributed by atoms with Gasteiger partial charge in [0.25, 0.3) is 0 Å². The summed E-state index contributed by atoms with van der Waals surface area (Å²) in [6.07, 6.45) is 0. The number of fused-ring (bicyclic) bond motifs is 4. The quantitative estimate of drug-likeness (QED) is 0.119. The molecule has 2 heteroatoms. The summed E-state index contributed by atoms with van der Waals surface area (Å²) in [6, 6.07) is 50.2. The fourth-order valence-electron chi connectivity index (χ4n) is 5.55. The zero-order chi connectivity index (χ0) is 32.6. The Morgan fingerprint density at radius 1 is 0.543 bits per heavy atom. The van der Waals surface area contributed by atoms with Gasteiger partial charge in [-0.05, 0) is 16.4 Å². The Balaban J connectivity index is 0.000000203. The van der Waals surface area contributed by atoms with E-state index in [1.165, 1.54) is 83.5 Å². The Kier molecular flexibility index (Phi) is 13.3. The van der Waals surface area contributed by atoms with E-state index in [1.54, 1.807) is 0 Å². The van der Waals surface area contributed by atoms with Crippen LogP contribution in [0, 0.1) is 20.4 Å². The SMILES string of the molecule is CC(C)(C)c1ccc2c(c1)[cH-]c1cc(C(C)(C)C)ccc12.Cc1cc2c(-c3ccccc3)cccc2[cH-]1.[CH3-].[Si]=[Zr].[c-]1ccccc1. The van der Waals surface area contributed by atoms with Crippen LogP contribution in [0.3, 0.4) is 0 Å².